The van der Waals surface area contributed by atoms with Crippen molar-refractivity contribution in [2.75, 3.05) is 11.9 Å². The minimum absolute atomic E-state index is 0.775. The second-order valence-electron chi connectivity index (χ2n) is 1.77. The van der Waals surface area contributed by atoms with Crippen LogP contribution in [0.15, 0.2) is 17.5 Å². The number of anilines is 1. The van der Waals surface area contributed by atoms with Gasteiger partial charge in [0.05, 0.1) is 12.7 Å². The quantitative estimate of drug-likeness (QED) is 0.532. The van der Waals surface area contributed by atoms with Gasteiger partial charge in [0.2, 0.25) is 5.95 Å². The van der Waals surface area contributed by atoms with E-state index in [1.807, 2.05) is 0 Å². The molecule has 0 aromatic carbocycles. The molecule has 1 aliphatic rings. The van der Waals surface area contributed by atoms with Gasteiger partial charge >= 0.3 is 0 Å². The first-order valence-electron chi connectivity index (χ1n) is 2.77. The van der Waals surface area contributed by atoms with E-state index in [0.29, 0.717) is 0 Å². The number of hydrogen-bond acceptors (Lipinski definition) is 3. The zero-order valence-corrected chi connectivity index (χ0v) is 4.78. The summed E-state index contributed by atoms with van der Waals surface area (Å²) in [5.41, 5.74) is 0. The SMILES string of the molecule is C1=Nn2ccnc2NC1. The summed E-state index contributed by atoms with van der Waals surface area (Å²) in [5, 5.41) is 7.06. The zero-order chi connectivity index (χ0) is 6.10. The predicted octanol–water partition coefficient (Wildman–Crippen LogP) is 0.142. The standard InChI is InChI=1S/C5H6N4/c1-2-8-9-4-3-7-5(9)6-1/h2-4H,1H2,(H,6,7). The van der Waals surface area contributed by atoms with E-state index in [-0.39, 0.29) is 0 Å². The summed E-state index contributed by atoms with van der Waals surface area (Å²) < 4.78 is 1.70. The molecule has 1 aromatic rings. The minimum atomic E-state index is 0.775. The molecule has 0 amide bonds. The smallest absolute Gasteiger partial charge is 0.224 e. The van der Waals surface area contributed by atoms with Gasteiger partial charge in [0, 0.05) is 12.4 Å². The van der Waals surface area contributed by atoms with Crippen molar-refractivity contribution in [3.05, 3.63) is 12.4 Å². The first-order valence-corrected chi connectivity index (χ1v) is 2.77. The van der Waals surface area contributed by atoms with Crippen LogP contribution in [-0.2, 0) is 0 Å². The van der Waals surface area contributed by atoms with E-state index in [2.05, 4.69) is 15.4 Å². The number of imidazole rings is 1. The molecule has 0 bridgehead atoms. The fraction of sp³-hybridized carbons (Fsp3) is 0.200. The van der Waals surface area contributed by atoms with Crippen LogP contribution in [0.5, 0.6) is 0 Å². The van der Waals surface area contributed by atoms with E-state index >= 15 is 0 Å². The van der Waals surface area contributed by atoms with Crippen LogP contribution in [0.2, 0.25) is 0 Å². The Morgan fingerprint density at radius 1 is 1.67 bits per heavy atom. The third-order valence-electron chi connectivity index (χ3n) is 1.18. The molecule has 46 valence electrons. The van der Waals surface area contributed by atoms with E-state index in [0.717, 1.165) is 12.5 Å². The Bertz CT molecular complexity index is 237. The Kier molecular flexibility index (Phi) is 0.798. The van der Waals surface area contributed by atoms with Gasteiger partial charge in [0.1, 0.15) is 0 Å². The summed E-state index contributed by atoms with van der Waals surface area (Å²) in [6.45, 7) is 0.775. The monoisotopic (exact) mass is 122 g/mol. The molecule has 9 heavy (non-hydrogen) atoms. The van der Waals surface area contributed by atoms with Gasteiger partial charge in [-0.25, -0.2) is 9.66 Å². The van der Waals surface area contributed by atoms with Crippen molar-refractivity contribution in [1.82, 2.24) is 9.66 Å². The third-order valence-corrected chi connectivity index (χ3v) is 1.18. The molecule has 0 saturated heterocycles. The molecule has 0 saturated carbocycles. The topological polar surface area (TPSA) is 42.2 Å². The van der Waals surface area contributed by atoms with Crippen molar-refractivity contribution in [2.45, 2.75) is 0 Å². The van der Waals surface area contributed by atoms with Crippen LogP contribution in [0.25, 0.3) is 0 Å². The molecular weight excluding hydrogens is 116 g/mol. The lowest BCUT2D eigenvalue weighted by molar-refractivity contribution is 0.864. The second kappa shape index (κ2) is 1.58. The van der Waals surface area contributed by atoms with Crippen molar-refractivity contribution in [2.24, 2.45) is 5.10 Å². The third kappa shape index (κ3) is 0.595. The Labute approximate surface area is 52.2 Å². The largest absolute Gasteiger partial charge is 0.349 e. The fourth-order valence-electron chi connectivity index (χ4n) is 0.782. The van der Waals surface area contributed by atoms with Crippen LogP contribution in [0.3, 0.4) is 0 Å². The minimum Gasteiger partial charge on any atom is -0.349 e. The molecule has 1 aromatic heterocycles. The Morgan fingerprint density at radius 3 is 3.56 bits per heavy atom. The molecule has 1 aliphatic heterocycles. The highest BCUT2D eigenvalue weighted by molar-refractivity contribution is 5.65. The zero-order valence-electron chi connectivity index (χ0n) is 4.78. The van der Waals surface area contributed by atoms with Gasteiger partial charge in [0.25, 0.3) is 0 Å². The van der Waals surface area contributed by atoms with Crippen LogP contribution in [-0.4, -0.2) is 22.4 Å². The number of nitrogens with one attached hydrogen (secondary N) is 1. The molecule has 2 heterocycles. The maximum atomic E-state index is 4.02. The average molecular weight is 122 g/mol. The summed E-state index contributed by atoms with van der Waals surface area (Å²) in [4.78, 5) is 3.99. The number of nitrogens with zero attached hydrogens (tertiary/aromatic N) is 3. The Hall–Kier alpha value is -1.32. The van der Waals surface area contributed by atoms with Crippen LogP contribution in [0.4, 0.5) is 5.95 Å². The molecular formula is C5H6N4. The highest BCUT2D eigenvalue weighted by Gasteiger charge is 2.01. The fourth-order valence-corrected chi connectivity index (χ4v) is 0.782. The summed E-state index contributed by atoms with van der Waals surface area (Å²) in [7, 11) is 0. The van der Waals surface area contributed by atoms with Gasteiger partial charge < -0.3 is 5.32 Å². The lowest BCUT2D eigenvalue weighted by atomic mass is 10.7. The van der Waals surface area contributed by atoms with Crippen molar-refractivity contribution < 1.29 is 0 Å². The predicted molar refractivity (Wildman–Crippen MR) is 34.6 cm³/mol. The molecule has 0 unspecified atom stereocenters. The van der Waals surface area contributed by atoms with Gasteiger partial charge in [-0.05, 0) is 0 Å². The van der Waals surface area contributed by atoms with Crippen LogP contribution in [0, 0.1) is 0 Å². The number of hydrogen-bond donors (Lipinski definition) is 1. The summed E-state index contributed by atoms with van der Waals surface area (Å²) in [6.07, 6.45) is 5.32. The second-order valence-corrected chi connectivity index (χ2v) is 1.77. The van der Waals surface area contributed by atoms with Gasteiger partial charge in [-0.1, -0.05) is 0 Å². The van der Waals surface area contributed by atoms with E-state index in [1.54, 1.807) is 23.3 Å². The van der Waals surface area contributed by atoms with E-state index < -0.39 is 0 Å². The van der Waals surface area contributed by atoms with Gasteiger partial charge in [-0.3, -0.25) is 0 Å². The summed E-state index contributed by atoms with van der Waals surface area (Å²) in [5.74, 6) is 0.817. The molecule has 1 N–H and O–H groups in total. The number of rotatable bonds is 0. The number of aromatic nitrogens is 2. The molecule has 0 atom stereocenters. The molecule has 0 spiro atoms. The van der Waals surface area contributed by atoms with Crippen molar-refractivity contribution in [1.29, 1.82) is 0 Å². The average Bonchev–Trinajstić information content (AvgIpc) is 2.33. The van der Waals surface area contributed by atoms with E-state index in [9.17, 15) is 0 Å². The summed E-state index contributed by atoms with van der Waals surface area (Å²) in [6, 6.07) is 0. The number of fused-ring (bicyclic) bond motifs is 1. The molecule has 0 aliphatic carbocycles. The van der Waals surface area contributed by atoms with E-state index in [4.69, 9.17) is 0 Å². The van der Waals surface area contributed by atoms with Crippen molar-refractivity contribution in [3.63, 3.8) is 0 Å². The highest BCUT2D eigenvalue weighted by atomic mass is 15.4. The Morgan fingerprint density at radius 2 is 2.67 bits per heavy atom. The lowest BCUT2D eigenvalue weighted by Gasteiger charge is -2.06. The van der Waals surface area contributed by atoms with Gasteiger partial charge in [-0.15, -0.1) is 0 Å². The maximum absolute atomic E-state index is 4.02. The molecule has 4 heteroatoms. The maximum Gasteiger partial charge on any atom is 0.224 e. The van der Waals surface area contributed by atoms with E-state index in [1.165, 1.54) is 0 Å². The van der Waals surface area contributed by atoms with Crippen LogP contribution < -0.4 is 5.32 Å². The highest BCUT2D eigenvalue weighted by Crippen LogP contribution is 2.04. The molecule has 0 radical (unpaired) electrons. The Balaban J connectivity index is 2.53. The molecule has 4 nitrogen and oxygen atoms in total. The van der Waals surface area contributed by atoms with Gasteiger partial charge in [0.15, 0.2) is 0 Å². The van der Waals surface area contributed by atoms with Crippen LogP contribution >= 0.6 is 0 Å². The van der Waals surface area contributed by atoms with Crippen molar-refractivity contribution >= 4 is 12.2 Å². The van der Waals surface area contributed by atoms with Gasteiger partial charge in [-0.2, -0.15) is 5.10 Å². The molecule has 2 rings (SSSR count). The first-order chi connectivity index (χ1) is 4.47. The molecule has 0 fully saturated rings. The first kappa shape index (κ1) is 4.55. The van der Waals surface area contributed by atoms with Crippen LogP contribution in [0.1, 0.15) is 0 Å². The summed E-state index contributed by atoms with van der Waals surface area (Å²) >= 11 is 0. The lowest BCUT2D eigenvalue weighted by Crippen LogP contribution is -2.12. The van der Waals surface area contributed by atoms with Crippen molar-refractivity contribution in [3.8, 4) is 0 Å². The normalized spacial score (nSPS) is 14.7.